The first-order chi connectivity index (χ1) is 8.61. The predicted molar refractivity (Wildman–Crippen MR) is 76.5 cm³/mol. The number of nitrogens with two attached hydrogens (primary N) is 1. The van der Waals surface area contributed by atoms with E-state index in [1.807, 2.05) is 31.2 Å². The lowest BCUT2D eigenvalue weighted by molar-refractivity contribution is 0.611. The Morgan fingerprint density at radius 2 is 2.00 bits per heavy atom. The van der Waals surface area contributed by atoms with Gasteiger partial charge >= 0.3 is 0 Å². The largest absolute Gasteiger partial charge is 0.354 e. The van der Waals surface area contributed by atoms with E-state index >= 15 is 0 Å². The number of hydrogen-bond donors (Lipinski definition) is 2. The quantitative estimate of drug-likeness (QED) is 0.896. The molecule has 3 N–H and O–H groups in total. The molecule has 0 unspecified atom stereocenters. The summed E-state index contributed by atoms with van der Waals surface area (Å²) in [7, 11) is 0. The topological polar surface area (TPSA) is 38.0 Å². The third-order valence-electron chi connectivity index (χ3n) is 2.72. The second kappa shape index (κ2) is 5.50. The predicted octanol–water partition coefficient (Wildman–Crippen LogP) is 4.10. The molecule has 0 fully saturated rings. The third kappa shape index (κ3) is 2.71. The Kier molecular flexibility index (Phi) is 3.99. The Bertz CT molecular complexity index is 570. The van der Waals surface area contributed by atoms with Crippen molar-refractivity contribution in [1.29, 1.82) is 0 Å². The molecule has 18 heavy (non-hydrogen) atoms. The van der Waals surface area contributed by atoms with Crippen LogP contribution in [0.3, 0.4) is 0 Å². The molecule has 0 spiro atoms. The zero-order chi connectivity index (χ0) is 13.1. The fraction of sp³-hybridized carbons (Fsp3) is 0.143. The van der Waals surface area contributed by atoms with Crippen molar-refractivity contribution >= 4 is 27.3 Å². The molecule has 2 nitrogen and oxygen atoms in total. The average molecular weight is 309 g/mol. The van der Waals surface area contributed by atoms with E-state index in [9.17, 15) is 4.39 Å². The second-order valence-corrected chi connectivity index (χ2v) is 4.93. The van der Waals surface area contributed by atoms with Crippen LogP contribution in [0.25, 0.3) is 0 Å². The smallest absolute Gasteiger partial charge is 0.129 e. The lowest BCUT2D eigenvalue weighted by Crippen LogP contribution is -2.05. The van der Waals surface area contributed by atoms with E-state index in [2.05, 4.69) is 21.2 Å². The van der Waals surface area contributed by atoms with Gasteiger partial charge in [-0.15, -0.1) is 0 Å². The summed E-state index contributed by atoms with van der Waals surface area (Å²) in [5.41, 5.74) is 8.81. The Morgan fingerprint density at radius 1 is 1.22 bits per heavy atom. The lowest BCUT2D eigenvalue weighted by Gasteiger charge is -2.13. The molecule has 0 saturated carbocycles. The number of aryl methyl sites for hydroxylation is 1. The van der Waals surface area contributed by atoms with Crippen molar-refractivity contribution in [1.82, 2.24) is 0 Å². The second-order valence-electron chi connectivity index (χ2n) is 4.08. The molecule has 0 bridgehead atoms. The van der Waals surface area contributed by atoms with Gasteiger partial charge in [-0.2, -0.15) is 0 Å². The van der Waals surface area contributed by atoms with Gasteiger partial charge in [-0.3, -0.25) is 0 Å². The van der Waals surface area contributed by atoms with Crippen LogP contribution in [-0.4, -0.2) is 0 Å². The fourth-order valence-corrected chi connectivity index (χ4v) is 2.34. The summed E-state index contributed by atoms with van der Waals surface area (Å²) in [5.74, 6) is -0.286. The van der Waals surface area contributed by atoms with E-state index in [1.165, 1.54) is 6.07 Å². The van der Waals surface area contributed by atoms with Gasteiger partial charge in [0.2, 0.25) is 0 Å². The Balaban J connectivity index is 2.37. The van der Waals surface area contributed by atoms with E-state index < -0.39 is 0 Å². The van der Waals surface area contributed by atoms with Crippen LogP contribution in [0.2, 0.25) is 0 Å². The molecule has 0 aliphatic rings. The van der Waals surface area contributed by atoms with Crippen LogP contribution in [0.15, 0.2) is 40.9 Å². The SMILES string of the molecule is Cc1ccc(Nc2cccc(F)c2CN)c(Br)c1. The van der Waals surface area contributed by atoms with Gasteiger partial charge in [0.25, 0.3) is 0 Å². The molecule has 0 heterocycles. The Morgan fingerprint density at radius 3 is 2.67 bits per heavy atom. The average Bonchev–Trinajstić information content (AvgIpc) is 2.33. The van der Waals surface area contributed by atoms with E-state index in [0.717, 1.165) is 15.7 Å². The monoisotopic (exact) mass is 308 g/mol. The fourth-order valence-electron chi connectivity index (χ4n) is 1.75. The molecule has 0 amide bonds. The molecule has 2 aromatic carbocycles. The molecule has 2 rings (SSSR count). The van der Waals surface area contributed by atoms with Crippen LogP contribution in [-0.2, 0) is 6.54 Å². The van der Waals surface area contributed by atoms with E-state index in [-0.39, 0.29) is 12.4 Å². The highest BCUT2D eigenvalue weighted by atomic mass is 79.9. The molecular formula is C14H14BrFN2. The number of hydrogen-bond acceptors (Lipinski definition) is 2. The van der Waals surface area contributed by atoms with Crippen molar-refractivity contribution < 1.29 is 4.39 Å². The summed E-state index contributed by atoms with van der Waals surface area (Å²) in [6.07, 6.45) is 0. The van der Waals surface area contributed by atoms with Crippen LogP contribution in [0.1, 0.15) is 11.1 Å². The normalized spacial score (nSPS) is 10.4. The summed E-state index contributed by atoms with van der Waals surface area (Å²) in [6.45, 7) is 2.18. The number of halogens is 2. The molecule has 2 aromatic rings. The first-order valence-electron chi connectivity index (χ1n) is 5.62. The molecular weight excluding hydrogens is 295 g/mol. The summed E-state index contributed by atoms with van der Waals surface area (Å²) in [4.78, 5) is 0. The van der Waals surface area contributed by atoms with E-state index in [4.69, 9.17) is 5.73 Å². The number of nitrogens with one attached hydrogen (secondary N) is 1. The van der Waals surface area contributed by atoms with Crippen molar-refractivity contribution in [3.63, 3.8) is 0 Å². The number of anilines is 2. The third-order valence-corrected chi connectivity index (χ3v) is 3.37. The molecule has 0 atom stereocenters. The summed E-state index contributed by atoms with van der Waals surface area (Å²) in [6, 6.07) is 10.8. The standard InChI is InChI=1S/C14H14BrFN2/c1-9-5-6-14(11(15)7-9)18-13-4-2-3-12(16)10(13)8-17/h2-7,18H,8,17H2,1H3. The minimum atomic E-state index is -0.286. The first kappa shape index (κ1) is 13.1. The molecule has 0 radical (unpaired) electrons. The minimum absolute atomic E-state index is 0.165. The molecule has 4 heteroatoms. The molecule has 94 valence electrons. The molecule has 0 aliphatic carbocycles. The highest BCUT2D eigenvalue weighted by Gasteiger charge is 2.08. The zero-order valence-corrected chi connectivity index (χ0v) is 11.6. The van der Waals surface area contributed by atoms with E-state index in [1.54, 1.807) is 6.07 Å². The van der Waals surface area contributed by atoms with Gasteiger partial charge in [-0.05, 0) is 52.7 Å². The van der Waals surface area contributed by atoms with Crippen molar-refractivity contribution in [2.24, 2.45) is 5.73 Å². The van der Waals surface area contributed by atoms with Crippen LogP contribution < -0.4 is 11.1 Å². The van der Waals surface area contributed by atoms with Gasteiger partial charge in [-0.1, -0.05) is 12.1 Å². The van der Waals surface area contributed by atoms with Gasteiger partial charge in [0.05, 0.1) is 5.69 Å². The minimum Gasteiger partial charge on any atom is -0.354 e. The van der Waals surface area contributed by atoms with Gasteiger partial charge in [-0.25, -0.2) is 4.39 Å². The van der Waals surface area contributed by atoms with Gasteiger partial charge in [0.15, 0.2) is 0 Å². The Labute approximate surface area is 114 Å². The van der Waals surface area contributed by atoms with Gasteiger partial charge < -0.3 is 11.1 Å². The van der Waals surface area contributed by atoms with Crippen LogP contribution in [0, 0.1) is 12.7 Å². The molecule has 0 saturated heterocycles. The summed E-state index contributed by atoms with van der Waals surface area (Å²) < 4.78 is 14.5. The summed E-state index contributed by atoms with van der Waals surface area (Å²) >= 11 is 3.48. The first-order valence-corrected chi connectivity index (χ1v) is 6.41. The van der Waals surface area contributed by atoms with E-state index in [0.29, 0.717) is 11.3 Å². The van der Waals surface area contributed by atoms with Crippen molar-refractivity contribution in [3.8, 4) is 0 Å². The maximum Gasteiger partial charge on any atom is 0.129 e. The highest BCUT2D eigenvalue weighted by Crippen LogP contribution is 2.29. The van der Waals surface area contributed by atoms with Crippen LogP contribution >= 0.6 is 15.9 Å². The maximum absolute atomic E-state index is 13.6. The molecule has 0 aromatic heterocycles. The van der Waals surface area contributed by atoms with Crippen molar-refractivity contribution in [3.05, 3.63) is 57.8 Å². The van der Waals surface area contributed by atoms with Gasteiger partial charge in [0, 0.05) is 22.3 Å². The van der Waals surface area contributed by atoms with Crippen LogP contribution in [0.4, 0.5) is 15.8 Å². The summed E-state index contributed by atoms with van der Waals surface area (Å²) in [5, 5.41) is 3.19. The lowest BCUT2D eigenvalue weighted by atomic mass is 10.1. The number of rotatable bonds is 3. The van der Waals surface area contributed by atoms with Gasteiger partial charge in [0.1, 0.15) is 5.82 Å². The maximum atomic E-state index is 13.6. The van der Waals surface area contributed by atoms with Crippen molar-refractivity contribution in [2.45, 2.75) is 13.5 Å². The van der Waals surface area contributed by atoms with Crippen LogP contribution in [0.5, 0.6) is 0 Å². The Hall–Kier alpha value is -1.39. The van der Waals surface area contributed by atoms with Crippen molar-refractivity contribution in [2.75, 3.05) is 5.32 Å². The highest BCUT2D eigenvalue weighted by molar-refractivity contribution is 9.10. The zero-order valence-electron chi connectivity index (χ0n) is 10.0. The number of benzene rings is 2. The molecule has 0 aliphatic heterocycles.